The highest BCUT2D eigenvalue weighted by Gasteiger charge is 2.10. The van der Waals surface area contributed by atoms with Crippen LogP contribution in [0.4, 0.5) is 0 Å². The van der Waals surface area contributed by atoms with Crippen LogP contribution in [-0.4, -0.2) is 21.6 Å². The molecule has 5 nitrogen and oxygen atoms in total. The second-order valence-corrected chi connectivity index (χ2v) is 2.89. The van der Waals surface area contributed by atoms with E-state index in [1.165, 1.54) is 0 Å². The Morgan fingerprint density at radius 3 is 2.36 bits per heavy atom. The van der Waals surface area contributed by atoms with Gasteiger partial charge in [-0.25, -0.2) is 9.07 Å². The molecule has 0 amide bonds. The van der Waals surface area contributed by atoms with Gasteiger partial charge in [0, 0.05) is 0 Å². The first-order chi connectivity index (χ1) is 5.12. The van der Waals surface area contributed by atoms with E-state index in [2.05, 4.69) is 13.4 Å². The maximum Gasteiger partial charge on any atom is 0.426 e. The molecule has 0 saturated heterocycles. The summed E-state index contributed by atoms with van der Waals surface area (Å²) in [6, 6.07) is 0. The molecule has 0 aliphatic heterocycles. The third-order valence-electron chi connectivity index (χ3n) is 0.681. The Labute approximate surface area is 66.5 Å². The van der Waals surface area contributed by atoms with Crippen molar-refractivity contribution in [2.24, 2.45) is 0 Å². The summed E-state index contributed by atoms with van der Waals surface area (Å²) < 4.78 is 29.2. The Hall–Kier alpha value is -0.170. The van der Waals surface area contributed by atoms with Crippen LogP contribution in [0, 0.1) is 0 Å². The number of hydrogen-bond donors (Lipinski definition) is 0. The average Bonchev–Trinajstić information content (AvgIpc) is 1.87. The van der Waals surface area contributed by atoms with Gasteiger partial charge in [-0.2, -0.15) is 8.42 Å². The van der Waals surface area contributed by atoms with Crippen LogP contribution in [0.3, 0.4) is 0 Å². The summed E-state index contributed by atoms with van der Waals surface area (Å²) >= 11 is 0. The summed E-state index contributed by atoms with van der Waals surface area (Å²) in [6.07, 6.45) is 0.682. The first-order valence-corrected chi connectivity index (χ1v) is 4.66. The molecule has 0 spiro atoms. The normalized spacial score (nSPS) is 11.8. The molecule has 0 aromatic heterocycles. The largest absolute Gasteiger partial charge is 0.426 e. The molecule has 0 atom stereocenters. The topological polar surface area (TPSA) is 61.8 Å². The molecular weight excluding hydrogens is 172 g/mol. The fourth-order valence-electron chi connectivity index (χ4n) is 0.340. The molecule has 0 aromatic carbocycles. The van der Waals surface area contributed by atoms with E-state index in [0.29, 0.717) is 6.42 Å². The lowest BCUT2D eigenvalue weighted by Crippen LogP contribution is -2.10. The summed E-state index contributed by atoms with van der Waals surface area (Å²) in [5.41, 5.74) is 0. The molecule has 0 aromatic rings. The average molecular weight is 184 g/mol. The zero-order valence-electron chi connectivity index (χ0n) is 6.57. The van der Waals surface area contributed by atoms with Gasteiger partial charge in [-0.1, -0.05) is 11.3 Å². The highest BCUT2D eigenvalue weighted by molar-refractivity contribution is 7.81. The molecule has 0 bridgehead atoms. The Balaban J connectivity index is 3.56. The van der Waals surface area contributed by atoms with Crippen LogP contribution in [0.2, 0.25) is 0 Å². The van der Waals surface area contributed by atoms with Crippen molar-refractivity contribution < 1.29 is 21.8 Å². The van der Waals surface area contributed by atoms with Gasteiger partial charge in [0.05, 0.1) is 13.2 Å². The molecule has 11 heavy (non-hydrogen) atoms. The molecule has 0 aliphatic carbocycles. The second kappa shape index (κ2) is 5.48. The zero-order chi connectivity index (χ0) is 8.74. The Bertz CT molecular complexity index is 173. The van der Waals surface area contributed by atoms with Crippen molar-refractivity contribution in [3.05, 3.63) is 0 Å². The maximum absolute atomic E-state index is 10.5. The molecule has 68 valence electrons. The molecule has 0 aliphatic rings. The predicted octanol–water partition coefficient (Wildman–Crippen LogP) is 0.626. The Morgan fingerprint density at radius 1 is 1.27 bits per heavy atom. The quantitative estimate of drug-likeness (QED) is 0.344. The van der Waals surface area contributed by atoms with E-state index >= 15 is 0 Å². The van der Waals surface area contributed by atoms with Crippen LogP contribution in [0.5, 0.6) is 0 Å². The summed E-state index contributed by atoms with van der Waals surface area (Å²) in [6.45, 7) is 3.64. The van der Waals surface area contributed by atoms with Crippen LogP contribution in [0.25, 0.3) is 0 Å². The van der Waals surface area contributed by atoms with E-state index in [4.69, 9.17) is 0 Å². The highest BCUT2D eigenvalue weighted by Crippen LogP contribution is 1.96. The maximum atomic E-state index is 10.5. The standard InChI is InChI=1S/C5H12O5S/c1-3-5-8-10-11(6,7)9-4-2/h3-5H2,1-2H3. The smallest absolute Gasteiger partial charge is 0.247 e. The van der Waals surface area contributed by atoms with Gasteiger partial charge in [0.1, 0.15) is 0 Å². The lowest BCUT2D eigenvalue weighted by atomic mass is 10.5. The van der Waals surface area contributed by atoms with Gasteiger partial charge in [-0.15, -0.1) is 0 Å². The zero-order valence-corrected chi connectivity index (χ0v) is 7.39. The van der Waals surface area contributed by atoms with E-state index in [1.54, 1.807) is 6.92 Å². The van der Waals surface area contributed by atoms with Crippen LogP contribution in [-0.2, 0) is 23.8 Å². The molecule has 0 N–H and O–H groups in total. The van der Waals surface area contributed by atoms with Crippen molar-refractivity contribution in [1.29, 1.82) is 0 Å². The van der Waals surface area contributed by atoms with E-state index in [0.717, 1.165) is 0 Å². The van der Waals surface area contributed by atoms with Crippen LogP contribution < -0.4 is 0 Å². The van der Waals surface area contributed by atoms with Gasteiger partial charge < -0.3 is 0 Å². The fraction of sp³-hybridized carbons (Fsp3) is 1.00. The minimum absolute atomic E-state index is 0.0395. The lowest BCUT2D eigenvalue weighted by Gasteiger charge is -2.01. The van der Waals surface area contributed by atoms with Crippen molar-refractivity contribution in [2.75, 3.05) is 13.2 Å². The summed E-state index contributed by atoms with van der Waals surface area (Å²) in [5, 5.41) is 0. The number of hydrogen-bond acceptors (Lipinski definition) is 5. The third kappa shape index (κ3) is 6.24. The monoisotopic (exact) mass is 184 g/mol. The first-order valence-electron chi connectivity index (χ1n) is 3.32. The molecule has 0 fully saturated rings. The minimum atomic E-state index is -3.93. The minimum Gasteiger partial charge on any atom is -0.247 e. The fourth-order valence-corrected chi connectivity index (χ4v) is 0.854. The van der Waals surface area contributed by atoms with Gasteiger partial charge in [0.15, 0.2) is 0 Å². The molecular formula is C5H12O5S. The van der Waals surface area contributed by atoms with Gasteiger partial charge in [-0.05, 0) is 13.3 Å². The molecule has 0 radical (unpaired) electrons. The van der Waals surface area contributed by atoms with Crippen molar-refractivity contribution in [2.45, 2.75) is 20.3 Å². The van der Waals surface area contributed by atoms with Gasteiger partial charge in [0.25, 0.3) is 0 Å². The molecule has 0 saturated carbocycles. The molecule has 6 heteroatoms. The molecule has 0 heterocycles. The third-order valence-corrected chi connectivity index (χ3v) is 1.47. The lowest BCUT2D eigenvalue weighted by molar-refractivity contribution is -0.209. The van der Waals surface area contributed by atoms with E-state index in [-0.39, 0.29) is 13.2 Å². The SMILES string of the molecule is CCCOOS(=O)(=O)OCC. The van der Waals surface area contributed by atoms with E-state index < -0.39 is 10.4 Å². The second-order valence-electron chi connectivity index (χ2n) is 1.70. The van der Waals surface area contributed by atoms with E-state index in [1.807, 2.05) is 6.92 Å². The van der Waals surface area contributed by atoms with Crippen LogP contribution >= 0.6 is 0 Å². The van der Waals surface area contributed by atoms with Gasteiger partial charge >= 0.3 is 10.4 Å². The van der Waals surface area contributed by atoms with Crippen molar-refractivity contribution >= 4 is 10.4 Å². The van der Waals surface area contributed by atoms with Crippen molar-refractivity contribution in [3.8, 4) is 0 Å². The summed E-state index contributed by atoms with van der Waals surface area (Å²) in [4.78, 5) is 4.29. The summed E-state index contributed by atoms with van der Waals surface area (Å²) in [5.74, 6) is 0. The number of rotatable bonds is 6. The van der Waals surface area contributed by atoms with Gasteiger partial charge in [0.2, 0.25) is 0 Å². The molecule has 0 unspecified atom stereocenters. The summed E-state index contributed by atoms with van der Waals surface area (Å²) in [7, 11) is -3.93. The Morgan fingerprint density at radius 2 is 1.91 bits per heavy atom. The van der Waals surface area contributed by atoms with Gasteiger partial charge in [-0.3, -0.25) is 0 Å². The van der Waals surface area contributed by atoms with Crippen molar-refractivity contribution in [3.63, 3.8) is 0 Å². The first kappa shape index (κ1) is 10.8. The van der Waals surface area contributed by atoms with Crippen molar-refractivity contribution in [1.82, 2.24) is 0 Å². The van der Waals surface area contributed by atoms with E-state index in [9.17, 15) is 8.42 Å². The highest BCUT2D eigenvalue weighted by atomic mass is 32.3. The molecule has 0 rings (SSSR count). The predicted molar refractivity (Wildman–Crippen MR) is 37.9 cm³/mol. The Kier molecular flexibility index (Phi) is 5.39. The van der Waals surface area contributed by atoms with Crippen LogP contribution in [0.15, 0.2) is 0 Å². The van der Waals surface area contributed by atoms with Crippen LogP contribution in [0.1, 0.15) is 20.3 Å².